The van der Waals surface area contributed by atoms with E-state index < -0.39 is 35.6 Å². The van der Waals surface area contributed by atoms with E-state index in [1.165, 1.54) is 34.1 Å². The molecule has 0 radical (unpaired) electrons. The summed E-state index contributed by atoms with van der Waals surface area (Å²) in [6, 6.07) is 12.9. The van der Waals surface area contributed by atoms with Crippen LogP contribution in [0.25, 0.3) is 0 Å². The smallest absolute Gasteiger partial charge is 0.329 e. The fourth-order valence-electron chi connectivity index (χ4n) is 4.93. The van der Waals surface area contributed by atoms with Gasteiger partial charge in [0, 0.05) is 63.5 Å². The molecule has 0 saturated carbocycles. The van der Waals surface area contributed by atoms with Crippen LogP contribution >= 0.6 is 0 Å². The highest BCUT2D eigenvalue weighted by atomic mass is 16.4. The zero-order chi connectivity index (χ0) is 27.2. The molecule has 38 heavy (non-hydrogen) atoms. The Hall–Kier alpha value is -4.09. The Morgan fingerprint density at radius 2 is 0.868 bits per heavy atom. The second kappa shape index (κ2) is 12.0. The predicted molar refractivity (Wildman–Crippen MR) is 136 cm³/mol. The molecule has 2 aliphatic rings. The summed E-state index contributed by atoms with van der Waals surface area (Å²) in [4.78, 5) is 70.3. The molecule has 4 rings (SSSR count). The van der Waals surface area contributed by atoms with Crippen molar-refractivity contribution in [2.24, 2.45) is 0 Å². The van der Waals surface area contributed by atoms with Gasteiger partial charge < -0.3 is 20.0 Å². The van der Waals surface area contributed by atoms with Crippen molar-refractivity contribution in [2.45, 2.75) is 12.1 Å². The van der Waals surface area contributed by atoms with Gasteiger partial charge in [0.25, 0.3) is 0 Å². The predicted octanol–water partition coefficient (Wildman–Crippen LogP) is 1.01. The lowest BCUT2D eigenvalue weighted by Gasteiger charge is -2.33. The number of Topliss-reactive ketones (excluding diaryl/α,β-unsaturated/α-hetero) is 2. The first-order valence-corrected chi connectivity index (χ1v) is 12.4. The highest BCUT2D eigenvalue weighted by Crippen LogP contribution is 2.17. The van der Waals surface area contributed by atoms with Crippen LogP contribution in [0.4, 0.5) is 4.79 Å². The number of carboxylic acids is 2. The Kier molecular flexibility index (Phi) is 8.49. The number of benzene rings is 2. The van der Waals surface area contributed by atoms with Crippen LogP contribution in [-0.4, -0.2) is 124 Å². The Bertz CT molecular complexity index is 1100. The number of aliphatic carboxylic acids is 2. The van der Waals surface area contributed by atoms with Crippen LogP contribution in [0.2, 0.25) is 0 Å². The number of carbonyl (C=O) groups is 5. The minimum absolute atomic E-state index is 0.00339. The second-order valence-corrected chi connectivity index (χ2v) is 9.27. The maximum Gasteiger partial charge on any atom is 0.329 e. The van der Waals surface area contributed by atoms with E-state index in [1.807, 2.05) is 0 Å². The Balaban J connectivity index is 1.66. The Labute approximate surface area is 219 Å². The first kappa shape index (κ1) is 27.0. The topological polar surface area (TPSA) is 139 Å². The first-order chi connectivity index (χ1) is 18.3. The molecule has 0 aliphatic carbocycles. The Morgan fingerprint density at radius 1 is 0.553 bits per heavy atom. The molecule has 2 N–H and O–H groups in total. The third kappa shape index (κ3) is 5.90. The maximum atomic E-state index is 13.3. The van der Waals surface area contributed by atoms with Gasteiger partial charge in [-0.05, 0) is 0 Å². The van der Waals surface area contributed by atoms with Gasteiger partial charge in [-0.15, -0.1) is 0 Å². The maximum absolute atomic E-state index is 13.3. The van der Waals surface area contributed by atoms with Gasteiger partial charge in [0.15, 0.2) is 23.7 Å². The number of amides is 2. The van der Waals surface area contributed by atoms with Gasteiger partial charge in [-0.2, -0.15) is 0 Å². The highest BCUT2D eigenvalue weighted by Gasteiger charge is 2.39. The molecule has 2 fully saturated rings. The summed E-state index contributed by atoms with van der Waals surface area (Å²) in [7, 11) is 0. The standard InChI is InChI=1S/C27H30N4O7/c32-23(19-7-3-1-4-8-19)21(25(34)35)28-11-12-29(14-16-31-18-17-30(15-13-28)27(31)38)22(26(36)37)24(33)20-9-5-2-6-10-20/h1-10,21-22H,11-18H2,(H,34,35)(H,36,37). The van der Waals surface area contributed by atoms with Crippen molar-refractivity contribution >= 4 is 29.5 Å². The van der Waals surface area contributed by atoms with E-state index in [0.717, 1.165) is 0 Å². The molecule has 2 bridgehead atoms. The molecule has 2 aliphatic heterocycles. The summed E-state index contributed by atoms with van der Waals surface area (Å²) in [6.07, 6.45) is 0. The first-order valence-electron chi connectivity index (χ1n) is 12.4. The molecule has 2 aromatic rings. The molecule has 2 saturated heterocycles. The fourth-order valence-corrected chi connectivity index (χ4v) is 4.93. The average molecular weight is 523 g/mol. The summed E-state index contributed by atoms with van der Waals surface area (Å²) >= 11 is 0. The largest absolute Gasteiger partial charge is 0.480 e. The summed E-state index contributed by atoms with van der Waals surface area (Å²) < 4.78 is 0. The van der Waals surface area contributed by atoms with Crippen molar-refractivity contribution < 1.29 is 34.2 Å². The van der Waals surface area contributed by atoms with E-state index in [1.54, 1.807) is 46.2 Å². The minimum atomic E-state index is -1.54. The number of hydrogen-bond acceptors (Lipinski definition) is 7. The lowest BCUT2D eigenvalue weighted by atomic mass is 10.0. The monoisotopic (exact) mass is 522 g/mol. The molecule has 11 heteroatoms. The molecule has 2 heterocycles. The summed E-state index contributed by atoms with van der Waals surface area (Å²) in [5.74, 6) is -3.90. The van der Waals surface area contributed by atoms with Crippen LogP contribution in [0.1, 0.15) is 20.7 Å². The number of ketones is 2. The summed E-state index contributed by atoms with van der Waals surface area (Å²) in [6.45, 7) is 1.48. The summed E-state index contributed by atoms with van der Waals surface area (Å²) in [5.41, 5.74) is 0.467. The third-order valence-corrected chi connectivity index (χ3v) is 6.98. The Morgan fingerprint density at radius 3 is 1.21 bits per heavy atom. The number of urea groups is 1. The lowest BCUT2D eigenvalue weighted by molar-refractivity contribution is -0.143. The molecule has 11 nitrogen and oxygen atoms in total. The lowest BCUT2D eigenvalue weighted by Crippen LogP contribution is -2.54. The highest BCUT2D eigenvalue weighted by molar-refractivity contribution is 6.12. The number of fused-ring (bicyclic) bond motifs is 2. The normalized spacial score (nSPS) is 18.9. The zero-order valence-electron chi connectivity index (χ0n) is 20.8. The summed E-state index contributed by atoms with van der Waals surface area (Å²) in [5, 5.41) is 20.1. The van der Waals surface area contributed by atoms with Gasteiger partial charge in [0.1, 0.15) is 0 Å². The molecule has 2 aromatic carbocycles. The van der Waals surface area contributed by atoms with E-state index in [-0.39, 0.29) is 56.4 Å². The van der Waals surface area contributed by atoms with Crippen molar-refractivity contribution in [3.63, 3.8) is 0 Å². The van der Waals surface area contributed by atoms with Gasteiger partial charge in [0.2, 0.25) is 0 Å². The van der Waals surface area contributed by atoms with Crippen LogP contribution in [0.15, 0.2) is 60.7 Å². The van der Waals surface area contributed by atoms with Crippen molar-refractivity contribution in [3.8, 4) is 0 Å². The van der Waals surface area contributed by atoms with Crippen molar-refractivity contribution in [3.05, 3.63) is 71.8 Å². The van der Waals surface area contributed by atoms with Crippen LogP contribution in [0, 0.1) is 0 Å². The molecule has 2 atom stereocenters. The molecular formula is C27H30N4O7. The van der Waals surface area contributed by atoms with Gasteiger partial charge in [-0.1, -0.05) is 60.7 Å². The van der Waals surface area contributed by atoms with Gasteiger partial charge in [-0.25, -0.2) is 4.79 Å². The van der Waals surface area contributed by atoms with Crippen molar-refractivity contribution in [1.82, 2.24) is 19.6 Å². The van der Waals surface area contributed by atoms with E-state index in [4.69, 9.17) is 0 Å². The van der Waals surface area contributed by atoms with E-state index in [2.05, 4.69) is 0 Å². The number of nitrogens with zero attached hydrogens (tertiary/aromatic N) is 4. The molecule has 0 spiro atoms. The second-order valence-electron chi connectivity index (χ2n) is 9.27. The number of rotatable bonds is 8. The molecule has 200 valence electrons. The van der Waals surface area contributed by atoms with Crippen LogP contribution in [0.3, 0.4) is 0 Å². The third-order valence-electron chi connectivity index (χ3n) is 6.98. The van der Waals surface area contributed by atoms with Gasteiger partial charge >= 0.3 is 18.0 Å². The number of carboxylic acid groups (broad SMARTS) is 2. The van der Waals surface area contributed by atoms with Gasteiger partial charge in [-0.3, -0.25) is 29.0 Å². The number of carbonyl (C=O) groups excluding carboxylic acids is 3. The fraction of sp³-hybridized carbons (Fsp3) is 0.370. The van der Waals surface area contributed by atoms with Gasteiger partial charge in [0.05, 0.1) is 0 Å². The van der Waals surface area contributed by atoms with E-state index in [9.17, 15) is 34.2 Å². The van der Waals surface area contributed by atoms with Crippen LogP contribution in [0.5, 0.6) is 0 Å². The average Bonchev–Trinajstić information content (AvgIpc) is 3.25. The SMILES string of the molecule is O=C(O)C(C(=O)c1ccccc1)N1CCN2CCN(CCN(C(C(=O)O)C(=O)c3ccccc3)CC1)C2=O. The van der Waals surface area contributed by atoms with E-state index in [0.29, 0.717) is 13.1 Å². The molecular weight excluding hydrogens is 492 g/mol. The molecule has 0 aromatic heterocycles. The van der Waals surface area contributed by atoms with E-state index >= 15 is 0 Å². The number of hydrogen-bond donors (Lipinski definition) is 2. The molecule has 2 unspecified atom stereocenters. The van der Waals surface area contributed by atoms with Crippen LogP contribution in [-0.2, 0) is 9.59 Å². The zero-order valence-corrected chi connectivity index (χ0v) is 20.8. The van der Waals surface area contributed by atoms with Crippen molar-refractivity contribution in [2.75, 3.05) is 52.4 Å². The minimum Gasteiger partial charge on any atom is -0.480 e. The van der Waals surface area contributed by atoms with Crippen molar-refractivity contribution in [1.29, 1.82) is 0 Å². The quantitative estimate of drug-likeness (QED) is 0.384. The molecule has 2 amide bonds. The van der Waals surface area contributed by atoms with Crippen LogP contribution < -0.4 is 0 Å².